The van der Waals surface area contributed by atoms with E-state index in [4.69, 9.17) is 4.74 Å². The zero-order chi connectivity index (χ0) is 15.4. The molecule has 1 aromatic heterocycles. The lowest BCUT2D eigenvalue weighted by molar-refractivity contribution is -0.131. The monoisotopic (exact) mass is 299 g/mol. The molecule has 2 aromatic rings. The molecule has 1 saturated heterocycles. The summed E-state index contributed by atoms with van der Waals surface area (Å²) >= 11 is 0. The Morgan fingerprint density at radius 2 is 2.18 bits per heavy atom. The van der Waals surface area contributed by atoms with E-state index in [-0.39, 0.29) is 11.9 Å². The topological polar surface area (TPSA) is 47.4 Å². The van der Waals surface area contributed by atoms with E-state index in [0.717, 1.165) is 37.2 Å². The van der Waals surface area contributed by atoms with Crippen LogP contribution >= 0.6 is 0 Å². The van der Waals surface area contributed by atoms with Crippen molar-refractivity contribution in [3.05, 3.63) is 48.5 Å². The number of rotatable bonds is 5. The second kappa shape index (κ2) is 6.64. The second-order valence-electron chi connectivity index (χ2n) is 5.67. The molecule has 0 radical (unpaired) electrons. The maximum absolute atomic E-state index is 12.6. The fraction of sp³-hybridized carbons (Fsp3) is 0.412. The molecule has 0 bridgehead atoms. The lowest BCUT2D eigenvalue weighted by Crippen LogP contribution is -2.38. The number of nitrogens with zero attached hydrogens (tertiary/aromatic N) is 3. The van der Waals surface area contributed by atoms with Crippen LogP contribution in [0, 0.1) is 0 Å². The molecule has 0 unspecified atom stereocenters. The third kappa shape index (κ3) is 3.30. The van der Waals surface area contributed by atoms with Crippen molar-refractivity contribution >= 4 is 5.91 Å². The summed E-state index contributed by atoms with van der Waals surface area (Å²) in [6.45, 7) is 1.68. The van der Waals surface area contributed by atoms with Crippen LogP contribution in [0.3, 0.4) is 0 Å². The van der Waals surface area contributed by atoms with Crippen LogP contribution in [0.2, 0.25) is 0 Å². The van der Waals surface area contributed by atoms with Crippen LogP contribution in [-0.4, -0.2) is 40.1 Å². The molecule has 2 heterocycles. The third-order valence-corrected chi connectivity index (χ3v) is 4.19. The van der Waals surface area contributed by atoms with E-state index in [1.54, 1.807) is 13.3 Å². The van der Waals surface area contributed by atoms with Gasteiger partial charge in [-0.15, -0.1) is 0 Å². The predicted molar refractivity (Wildman–Crippen MR) is 83.7 cm³/mol. The third-order valence-electron chi connectivity index (χ3n) is 4.19. The molecule has 0 aliphatic carbocycles. The number of methoxy groups -OCH3 is 1. The fourth-order valence-corrected chi connectivity index (χ4v) is 3.01. The van der Waals surface area contributed by atoms with Gasteiger partial charge >= 0.3 is 0 Å². The van der Waals surface area contributed by atoms with Gasteiger partial charge in [0, 0.05) is 31.5 Å². The first kappa shape index (κ1) is 14.6. The van der Waals surface area contributed by atoms with Crippen LogP contribution in [0.1, 0.15) is 18.4 Å². The quantitative estimate of drug-likeness (QED) is 0.849. The number of ether oxygens (including phenoxy) is 1. The van der Waals surface area contributed by atoms with Gasteiger partial charge < -0.3 is 14.2 Å². The molecule has 0 saturated carbocycles. The van der Waals surface area contributed by atoms with Crippen molar-refractivity contribution < 1.29 is 9.53 Å². The zero-order valence-corrected chi connectivity index (χ0v) is 12.8. The van der Waals surface area contributed by atoms with E-state index >= 15 is 0 Å². The van der Waals surface area contributed by atoms with Crippen LogP contribution in [-0.2, 0) is 17.8 Å². The molecule has 116 valence electrons. The number of carbonyl (C=O) groups is 1. The first-order valence-electron chi connectivity index (χ1n) is 7.64. The Balaban J connectivity index is 1.62. The largest absolute Gasteiger partial charge is 0.497 e. The van der Waals surface area contributed by atoms with Gasteiger partial charge in [-0.3, -0.25) is 4.79 Å². The number of likely N-dealkylation sites (tertiary alicyclic amines) is 1. The van der Waals surface area contributed by atoms with Gasteiger partial charge in [-0.25, -0.2) is 4.98 Å². The predicted octanol–water partition coefficient (Wildman–Crippen LogP) is 2.13. The molecule has 5 nitrogen and oxygen atoms in total. The van der Waals surface area contributed by atoms with E-state index in [9.17, 15) is 4.79 Å². The summed E-state index contributed by atoms with van der Waals surface area (Å²) in [5, 5.41) is 0. The lowest BCUT2D eigenvalue weighted by atomic mass is 10.1. The van der Waals surface area contributed by atoms with E-state index < -0.39 is 0 Å². The molecule has 0 spiro atoms. The fourth-order valence-electron chi connectivity index (χ4n) is 3.01. The smallest absolute Gasteiger partial charge is 0.227 e. The normalized spacial score (nSPS) is 17.7. The van der Waals surface area contributed by atoms with Crippen molar-refractivity contribution in [2.24, 2.45) is 0 Å². The maximum Gasteiger partial charge on any atom is 0.227 e. The van der Waals surface area contributed by atoms with Crippen LogP contribution in [0.25, 0.3) is 0 Å². The maximum atomic E-state index is 12.6. The van der Waals surface area contributed by atoms with Crippen molar-refractivity contribution in [1.82, 2.24) is 14.5 Å². The molecule has 1 aliphatic heterocycles. The summed E-state index contributed by atoms with van der Waals surface area (Å²) in [6, 6.07) is 7.99. The SMILES string of the molecule is COc1ccc(CC(=O)N2CCC[C@@H]2Cn2ccnc2)cc1. The van der Waals surface area contributed by atoms with Gasteiger partial charge in [-0.05, 0) is 30.5 Å². The minimum atomic E-state index is 0.202. The molecule has 22 heavy (non-hydrogen) atoms. The summed E-state index contributed by atoms with van der Waals surface area (Å²) in [6.07, 6.45) is 8.12. The number of aromatic nitrogens is 2. The highest BCUT2D eigenvalue weighted by molar-refractivity contribution is 5.79. The highest BCUT2D eigenvalue weighted by atomic mass is 16.5. The number of carbonyl (C=O) groups excluding carboxylic acids is 1. The average Bonchev–Trinajstić information content (AvgIpc) is 3.20. The first-order chi connectivity index (χ1) is 10.8. The van der Waals surface area contributed by atoms with Gasteiger partial charge in [0.15, 0.2) is 0 Å². The standard InChI is InChI=1S/C17H21N3O2/c1-22-16-6-4-14(5-7-16)11-17(21)20-9-2-3-15(20)12-19-10-8-18-13-19/h4-8,10,13,15H,2-3,9,11-12H2,1H3/t15-/m1/s1. The van der Waals surface area contributed by atoms with Crippen molar-refractivity contribution in [3.8, 4) is 5.75 Å². The van der Waals surface area contributed by atoms with Gasteiger partial charge in [0.1, 0.15) is 5.75 Å². The number of imidazole rings is 1. The van der Waals surface area contributed by atoms with Gasteiger partial charge in [0.25, 0.3) is 0 Å². The molecule has 1 amide bonds. The Hall–Kier alpha value is -2.30. The Morgan fingerprint density at radius 1 is 1.36 bits per heavy atom. The van der Waals surface area contributed by atoms with E-state index in [0.29, 0.717) is 6.42 Å². The van der Waals surface area contributed by atoms with E-state index in [1.807, 2.05) is 46.3 Å². The van der Waals surface area contributed by atoms with Crippen molar-refractivity contribution in [2.75, 3.05) is 13.7 Å². The summed E-state index contributed by atoms with van der Waals surface area (Å²) in [5.41, 5.74) is 1.03. The zero-order valence-electron chi connectivity index (χ0n) is 12.8. The molecule has 5 heteroatoms. The molecule has 3 rings (SSSR count). The summed E-state index contributed by atoms with van der Waals surface area (Å²) in [7, 11) is 1.64. The second-order valence-corrected chi connectivity index (χ2v) is 5.67. The van der Waals surface area contributed by atoms with Crippen molar-refractivity contribution in [1.29, 1.82) is 0 Å². The average molecular weight is 299 g/mol. The van der Waals surface area contributed by atoms with Crippen LogP contribution in [0.4, 0.5) is 0 Å². The lowest BCUT2D eigenvalue weighted by Gasteiger charge is -2.25. The van der Waals surface area contributed by atoms with Crippen LogP contribution < -0.4 is 4.74 Å². The Morgan fingerprint density at radius 3 is 2.86 bits per heavy atom. The van der Waals surface area contributed by atoms with E-state index in [1.165, 1.54) is 0 Å². The van der Waals surface area contributed by atoms with Gasteiger partial charge in [0.2, 0.25) is 5.91 Å². The van der Waals surface area contributed by atoms with Crippen molar-refractivity contribution in [3.63, 3.8) is 0 Å². The minimum Gasteiger partial charge on any atom is -0.497 e. The Labute approximate surface area is 130 Å². The Kier molecular flexibility index (Phi) is 4.42. The molecule has 1 atom stereocenters. The highest BCUT2D eigenvalue weighted by Crippen LogP contribution is 2.21. The van der Waals surface area contributed by atoms with Crippen molar-refractivity contribution in [2.45, 2.75) is 31.8 Å². The van der Waals surface area contributed by atoms with E-state index in [2.05, 4.69) is 4.98 Å². The van der Waals surface area contributed by atoms with Gasteiger partial charge in [-0.1, -0.05) is 12.1 Å². The number of amides is 1. The summed E-state index contributed by atoms with van der Waals surface area (Å²) < 4.78 is 7.19. The number of hydrogen-bond donors (Lipinski definition) is 0. The highest BCUT2D eigenvalue weighted by Gasteiger charge is 2.28. The molecular formula is C17H21N3O2. The molecule has 1 aliphatic rings. The minimum absolute atomic E-state index is 0.202. The first-order valence-corrected chi connectivity index (χ1v) is 7.64. The summed E-state index contributed by atoms with van der Waals surface area (Å²) in [4.78, 5) is 18.7. The molecule has 0 N–H and O–H groups in total. The molecule has 1 fully saturated rings. The number of hydrogen-bond acceptors (Lipinski definition) is 3. The number of benzene rings is 1. The summed E-state index contributed by atoms with van der Waals surface area (Å²) in [5.74, 6) is 1.02. The molecular weight excluding hydrogens is 278 g/mol. The molecule has 1 aromatic carbocycles. The van der Waals surface area contributed by atoms with Crippen LogP contribution in [0.5, 0.6) is 5.75 Å². The van der Waals surface area contributed by atoms with Crippen LogP contribution in [0.15, 0.2) is 43.0 Å². The van der Waals surface area contributed by atoms with Gasteiger partial charge in [0.05, 0.1) is 19.9 Å². The Bertz CT molecular complexity index is 607. The van der Waals surface area contributed by atoms with Gasteiger partial charge in [-0.2, -0.15) is 0 Å².